The molecule has 30 heavy (non-hydrogen) atoms. The zero-order valence-corrected chi connectivity index (χ0v) is 17.1. The number of rotatable bonds is 7. The van der Waals surface area contributed by atoms with E-state index in [0.29, 0.717) is 5.56 Å². The van der Waals surface area contributed by atoms with Crippen LogP contribution in [0.15, 0.2) is 24.3 Å². The summed E-state index contributed by atoms with van der Waals surface area (Å²) in [5.41, 5.74) is -0.695. The fourth-order valence-corrected chi connectivity index (χ4v) is 3.67. The zero-order chi connectivity index (χ0) is 22.5. The van der Waals surface area contributed by atoms with Crippen molar-refractivity contribution in [1.29, 1.82) is 0 Å². The lowest BCUT2D eigenvalue weighted by Gasteiger charge is -2.13. The number of ether oxygens (including phenoxy) is 2. The number of carbonyl (C=O) groups is 3. The van der Waals surface area contributed by atoms with E-state index in [1.807, 2.05) is 0 Å². The van der Waals surface area contributed by atoms with Gasteiger partial charge in [0.05, 0.1) is 22.6 Å². The maximum absolute atomic E-state index is 13.0. The molecule has 2 rings (SSSR count). The number of esters is 1. The number of hydrogen-bond acceptors (Lipinski definition) is 6. The lowest BCUT2D eigenvalue weighted by molar-refractivity contribution is -0.139. The summed E-state index contributed by atoms with van der Waals surface area (Å²) in [5, 5.41) is 4.88. The molecule has 0 saturated heterocycles. The number of halogens is 3. The molecule has 2 N–H and O–H groups in total. The van der Waals surface area contributed by atoms with E-state index in [1.165, 1.54) is 26.1 Å². The molecule has 0 aliphatic carbocycles. The second-order valence-electron chi connectivity index (χ2n) is 5.89. The third-order valence-corrected chi connectivity index (χ3v) is 5.07. The van der Waals surface area contributed by atoms with Crippen LogP contribution in [-0.2, 0) is 15.7 Å². The van der Waals surface area contributed by atoms with Crippen LogP contribution in [-0.4, -0.2) is 38.0 Å². The van der Waals surface area contributed by atoms with Gasteiger partial charge in [-0.15, -0.1) is 11.3 Å². The van der Waals surface area contributed by atoms with Gasteiger partial charge in [-0.3, -0.25) is 9.59 Å². The second kappa shape index (κ2) is 9.61. The van der Waals surface area contributed by atoms with Gasteiger partial charge in [0, 0.05) is 7.05 Å². The molecule has 2 amide bonds. The molecule has 0 radical (unpaired) electrons. The molecule has 0 saturated carbocycles. The van der Waals surface area contributed by atoms with Gasteiger partial charge in [-0.1, -0.05) is 12.1 Å². The van der Waals surface area contributed by atoms with Gasteiger partial charge in [0.25, 0.3) is 11.8 Å². The molecule has 11 heteroatoms. The van der Waals surface area contributed by atoms with Crippen molar-refractivity contribution in [2.75, 3.05) is 25.6 Å². The minimum Gasteiger partial charge on any atom is -0.483 e. The summed E-state index contributed by atoms with van der Waals surface area (Å²) in [4.78, 5) is 36.8. The van der Waals surface area contributed by atoms with Crippen molar-refractivity contribution in [1.82, 2.24) is 5.32 Å². The summed E-state index contributed by atoms with van der Waals surface area (Å²) in [5.74, 6) is -2.50. The quantitative estimate of drug-likeness (QED) is 0.636. The smallest absolute Gasteiger partial charge is 0.419 e. The molecule has 7 nitrogen and oxygen atoms in total. The number of amides is 2. The molecule has 0 aliphatic rings. The van der Waals surface area contributed by atoms with Gasteiger partial charge < -0.3 is 20.1 Å². The molecule has 2 aromatic rings. The van der Waals surface area contributed by atoms with E-state index < -0.39 is 41.9 Å². The highest BCUT2D eigenvalue weighted by molar-refractivity contribution is 7.18. The number of benzene rings is 1. The van der Waals surface area contributed by atoms with E-state index in [2.05, 4.69) is 10.6 Å². The third-order valence-electron chi connectivity index (χ3n) is 3.86. The van der Waals surface area contributed by atoms with Crippen LogP contribution < -0.4 is 15.4 Å². The molecule has 1 heterocycles. The largest absolute Gasteiger partial charge is 0.483 e. The normalized spacial score (nSPS) is 11.0. The number of thiophene rings is 1. The van der Waals surface area contributed by atoms with Crippen molar-refractivity contribution in [3.8, 4) is 5.75 Å². The molecule has 0 bridgehead atoms. The average molecular weight is 444 g/mol. The Kier molecular flexibility index (Phi) is 7.43. The summed E-state index contributed by atoms with van der Waals surface area (Å²) in [7, 11) is 1.41. The fourth-order valence-electron chi connectivity index (χ4n) is 2.51. The minimum absolute atomic E-state index is 0.00416. The van der Waals surface area contributed by atoms with Gasteiger partial charge in [0.1, 0.15) is 10.8 Å². The van der Waals surface area contributed by atoms with E-state index in [1.54, 1.807) is 6.92 Å². The Morgan fingerprint density at radius 1 is 1.17 bits per heavy atom. The highest BCUT2D eigenvalue weighted by atomic mass is 32.1. The molecule has 1 aromatic heterocycles. The van der Waals surface area contributed by atoms with Gasteiger partial charge in [0.15, 0.2) is 6.61 Å². The Balaban J connectivity index is 2.23. The van der Waals surface area contributed by atoms with Crippen molar-refractivity contribution in [2.24, 2.45) is 0 Å². The van der Waals surface area contributed by atoms with Crippen molar-refractivity contribution in [3.63, 3.8) is 0 Å². The van der Waals surface area contributed by atoms with Gasteiger partial charge in [0.2, 0.25) is 0 Å². The molecule has 1 aromatic carbocycles. The average Bonchev–Trinajstić information content (AvgIpc) is 3.01. The highest BCUT2D eigenvalue weighted by Crippen LogP contribution is 2.36. The van der Waals surface area contributed by atoms with Gasteiger partial charge in [-0.2, -0.15) is 13.2 Å². The standard InChI is InChI=1S/C19H19F3N2O5S/c1-4-28-18(27)14-10(2)15(16(26)23-3)30-17(14)24-13(25)9-29-12-8-6-5-7-11(12)19(20,21)22/h5-8H,4,9H2,1-3H3,(H,23,26)(H,24,25). The number of hydrogen-bond donors (Lipinski definition) is 2. The summed E-state index contributed by atoms with van der Waals surface area (Å²) in [6, 6.07) is 4.49. The SMILES string of the molecule is CCOC(=O)c1c(NC(=O)COc2ccccc2C(F)(F)F)sc(C(=O)NC)c1C. The Morgan fingerprint density at radius 2 is 1.83 bits per heavy atom. The van der Waals surface area contributed by atoms with E-state index in [-0.39, 0.29) is 22.0 Å². The van der Waals surface area contributed by atoms with E-state index in [4.69, 9.17) is 9.47 Å². The van der Waals surface area contributed by atoms with Crippen LogP contribution in [0.1, 0.15) is 38.1 Å². The molecular formula is C19H19F3N2O5S. The minimum atomic E-state index is -4.64. The van der Waals surface area contributed by atoms with Gasteiger partial charge >= 0.3 is 12.1 Å². The van der Waals surface area contributed by atoms with Crippen LogP contribution >= 0.6 is 11.3 Å². The first kappa shape index (κ1) is 23.2. The topological polar surface area (TPSA) is 93.7 Å². The number of alkyl halides is 3. The van der Waals surface area contributed by atoms with Crippen molar-refractivity contribution < 1.29 is 37.0 Å². The van der Waals surface area contributed by atoms with Crippen LogP contribution in [0.3, 0.4) is 0 Å². The van der Waals surface area contributed by atoms with Crippen LogP contribution in [0.2, 0.25) is 0 Å². The first-order valence-electron chi connectivity index (χ1n) is 8.71. The molecular weight excluding hydrogens is 425 g/mol. The van der Waals surface area contributed by atoms with Crippen LogP contribution in [0.5, 0.6) is 5.75 Å². The van der Waals surface area contributed by atoms with Crippen LogP contribution in [0, 0.1) is 6.92 Å². The maximum atomic E-state index is 13.0. The molecule has 0 spiro atoms. The lowest BCUT2D eigenvalue weighted by atomic mass is 10.1. The molecule has 0 aliphatic heterocycles. The number of para-hydroxylation sites is 1. The Hall–Kier alpha value is -3.08. The van der Waals surface area contributed by atoms with Crippen molar-refractivity contribution >= 4 is 34.1 Å². The predicted octanol–water partition coefficient (Wildman–Crippen LogP) is 3.63. The summed E-state index contributed by atoms with van der Waals surface area (Å²) >= 11 is 0.850. The molecule has 0 atom stereocenters. The van der Waals surface area contributed by atoms with E-state index >= 15 is 0 Å². The lowest BCUT2D eigenvalue weighted by Crippen LogP contribution is -2.22. The Labute approximate surface area is 174 Å². The first-order valence-corrected chi connectivity index (χ1v) is 9.53. The summed E-state index contributed by atoms with van der Waals surface area (Å²) in [6.07, 6.45) is -4.64. The fraction of sp³-hybridized carbons (Fsp3) is 0.316. The number of carbonyl (C=O) groups excluding carboxylic acids is 3. The molecule has 162 valence electrons. The Morgan fingerprint density at radius 3 is 2.43 bits per heavy atom. The van der Waals surface area contributed by atoms with Crippen LogP contribution in [0.25, 0.3) is 0 Å². The van der Waals surface area contributed by atoms with Gasteiger partial charge in [-0.25, -0.2) is 4.79 Å². The predicted molar refractivity (Wildman–Crippen MR) is 104 cm³/mol. The first-order chi connectivity index (χ1) is 14.1. The molecule has 0 unspecified atom stereocenters. The Bertz CT molecular complexity index is 956. The van der Waals surface area contributed by atoms with E-state index in [9.17, 15) is 27.6 Å². The van der Waals surface area contributed by atoms with Crippen LogP contribution in [0.4, 0.5) is 18.2 Å². The monoisotopic (exact) mass is 444 g/mol. The van der Waals surface area contributed by atoms with Crippen molar-refractivity contribution in [2.45, 2.75) is 20.0 Å². The zero-order valence-electron chi connectivity index (χ0n) is 16.3. The third kappa shape index (κ3) is 5.29. The molecule has 0 fully saturated rings. The second-order valence-corrected chi connectivity index (χ2v) is 6.91. The van der Waals surface area contributed by atoms with E-state index in [0.717, 1.165) is 23.5 Å². The summed E-state index contributed by atoms with van der Waals surface area (Å²) < 4.78 is 49.1. The van der Waals surface area contributed by atoms with Gasteiger partial charge in [-0.05, 0) is 31.5 Å². The maximum Gasteiger partial charge on any atom is 0.419 e. The van der Waals surface area contributed by atoms with Crippen molar-refractivity contribution in [3.05, 3.63) is 45.8 Å². The number of anilines is 1. The number of nitrogens with one attached hydrogen (secondary N) is 2. The summed E-state index contributed by atoms with van der Waals surface area (Å²) in [6.45, 7) is 2.47. The highest BCUT2D eigenvalue weighted by Gasteiger charge is 2.34.